The molecule has 0 bridgehead atoms. The number of carbonyl (C=O) groups excluding carboxylic acids is 1. The Morgan fingerprint density at radius 2 is 1.79 bits per heavy atom. The van der Waals surface area contributed by atoms with Crippen LogP contribution in [-0.2, 0) is 4.79 Å². The molecule has 132 valence electrons. The van der Waals surface area contributed by atoms with Gasteiger partial charge in [-0.3, -0.25) is 25.0 Å². The van der Waals surface area contributed by atoms with E-state index in [-0.39, 0.29) is 0 Å². The lowest BCUT2D eigenvalue weighted by Gasteiger charge is -2.26. The van der Waals surface area contributed by atoms with Gasteiger partial charge in [0.1, 0.15) is 0 Å². The van der Waals surface area contributed by atoms with Crippen LogP contribution >= 0.6 is 34.8 Å². The predicted octanol–water partition coefficient (Wildman–Crippen LogP) is 3.35. The zero-order valence-electron chi connectivity index (χ0n) is 12.4. The molecule has 1 aromatic carbocycles. The molecule has 0 aliphatic carbocycles. The molecule has 0 heterocycles. The first-order valence-electron chi connectivity index (χ1n) is 6.40. The Labute approximate surface area is 151 Å². The number of hydrogen-bond donors (Lipinski definition) is 1. The highest BCUT2D eigenvalue weighted by atomic mass is 35.6. The fourth-order valence-electron chi connectivity index (χ4n) is 1.46. The predicted molar refractivity (Wildman–Crippen MR) is 87.4 cm³/mol. The van der Waals surface area contributed by atoms with E-state index in [0.29, 0.717) is 6.07 Å². The van der Waals surface area contributed by atoms with Gasteiger partial charge in [0.2, 0.25) is 15.9 Å². The molecular formula is C12H12Cl3N3O6. The van der Waals surface area contributed by atoms with E-state index in [1.807, 2.05) is 0 Å². The number of nitro groups is 2. The number of ether oxygens (including phenoxy) is 1. The topological polar surface area (TPSA) is 125 Å². The summed E-state index contributed by atoms with van der Waals surface area (Å²) in [6.07, 6.45) is -1.54. The number of nitrogens with zero attached hydrogens (tertiary/aromatic N) is 2. The lowest BCUT2D eigenvalue weighted by molar-refractivity contribution is -0.394. The summed E-state index contributed by atoms with van der Waals surface area (Å²) in [6, 6.07) is 2.68. The molecule has 1 N–H and O–H groups in total. The molecule has 0 aliphatic rings. The Balaban J connectivity index is 3.20. The van der Waals surface area contributed by atoms with E-state index in [1.54, 1.807) is 13.8 Å². The van der Waals surface area contributed by atoms with Crippen molar-refractivity contribution in [3.8, 4) is 5.75 Å². The van der Waals surface area contributed by atoms with Gasteiger partial charge in [0.25, 0.3) is 5.69 Å². The molecule has 1 amide bonds. The van der Waals surface area contributed by atoms with Crippen LogP contribution < -0.4 is 10.1 Å². The summed E-state index contributed by atoms with van der Waals surface area (Å²) in [4.78, 5) is 31.9. The van der Waals surface area contributed by atoms with Crippen LogP contribution in [0.2, 0.25) is 0 Å². The van der Waals surface area contributed by atoms with Gasteiger partial charge in [0, 0.05) is 12.0 Å². The fraction of sp³-hybridized carbons (Fsp3) is 0.417. The summed E-state index contributed by atoms with van der Waals surface area (Å²) < 4.78 is 3.10. The van der Waals surface area contributed by atoms with Crippen LogP contribution in [-0.4, -0.2) is 25.8 Å². The average molecular weight is 401 g/mol. The molecule has 12 heteroatoms. The van der Waals surface area contributed by atoms with Crippen molar-refractivity contribution in [1.29, 1.82) is 0 Å². The lowest BCUT2D eigenvalue weighted by Crippen LogP contribution is -2.49. The number of carbonyl (C=O) groups is 1. The van der Waals surface area contributed by atoms with E-state index in [1.165, 1.54) is 0 Å². The molecule has 24 heavy (non-hydrogen) atoms. The zero-order valence-corrected chi connectivity index (χ0v) is 14.6. The maximum absolute atomic E-state index is 11.8. The highest BCUT2D eigenvalue weighted by Gasteiger charge is 2.38. The van der Waals surface area contributed by atoms with Gasteiger partial charge in [-0.15, -0.1) is 0 Å². The van der Waals surface area contributed by atoms with E-state index in [4.69, 9.17) is 39.5 Å². The Kier molecular flexibility index (Phi) is 6.58. The summed E-state index contributed by atoms with van der Waals surface area (Å²) >= 11 is 17.2. The average Bonchev–Trinajstić information content (AvgIpc) is 2.45. The molecule has 0 fully saturated rings. The van der Waals surface area contributed by atoms with E-state index in [2.05, 4.69) is 5.32 Å². The summed E-state index contributed by atoms with van der Waals surface area (Å²) in [7, 11) is 0. The third-order valence-electron chi connectivity index (χ3n) is 2.69. The summed E-state index contributed by atoms with van der Waals surface area (Å²) in [5, 5.41) is 24.1. The first-order valence-corrected chi connectivity index (χ1v) is 7.53. The van der Waals surface area contributed by atoms with Gasteiger partial charge in [-0.1, -0.05) is 48.7 Å². The largest absolute Gasteiger partial charge is 0.459 e. The number of hydrogen-bond acceptors (Lipinski definition) is 6. The highest BCUT2D eigenvalue weighted by molar-refractivity contribution is 6.68. The normalized spacial score (nSPS) is 12.6. The number of benzene rings is 1. The molecule has 0 aromatic heterocycles. The van der Waals surface area contributed by atoms with E-state index < -0.39 is 48.8 Å². The van der Waals surface area contributed by atoms with Crippen molar-refractivity contribution in [2.24, 2.45) is 5.92 Å². The van der Waals surface area contributed by atoms with Crippen LogP contribution in [0.15, 0.2) is 18.2 Å². The molecule has 1 atom stereocenters. The van der Waals surface area contributed by atoms with Crippen molar-refractivity contribution in [3.63, 3.8) is 0 Å². The van der Waals surface area contributed by atoms with E-state index >= 15 is 0 Å². The van der Waals surface area contributed by atoms with Crippen LogP contribution in [0.25, 0.3) is 0 Å². The lowest BCUT2D eigenvalue weighted by atomic mass is 10.2. The van der Waals surface area contributed by atoms with Gasteiger partial charge in [-0.25, -0.2) is 0 Å². The molecule has 9 nitrogen and oxygen atoms in total. The van der Waals surface area contributed by atoms with Gasteiger partial charge in [0.05, 0.1) is 15.9 Å². The third kappa shape index (κ3) is 5.36. The monoisotopic (exact) mass is 399 g/mol. The van der Waals surface area contributed by atoms with Crippen LogP contribution in [0, 0.1) is 26.1 Å². The van der Waals surface area contributed by atoms with E-state index in [0.717, 1.165) is 12.1 Å². The standard InChI is InChI=1S/C12H12Cl3N3O6/c1-6(2)10(19)16-11(12(13,14)15)24-9-4-3-7(17(20)21)5-8(9)18(22)23/h3-6,11H,1-2H3,(H,16,19)/t11-/m1/s1. The minimum Gasteiger partial charge on any atom is -0.459 e. The van der Waals surface area contributed by atoms with Crippen molar-refractivity contribution < 1.29 is 19.4 Å². The summed E-state index contributed by atoms with van der Waals surface area (Å²) in [5.74, 6) is -1.38. The quantitative estimate of drug-likeness (QED) is 0.338. The molecule has 1 aromatic rings. The molecule has 0 saturated heterocycles. The smallest absolute Gasteiger partial charge is 0.317 e. The number of nitrogens with one attached hydrogen (secondary N) is 1. The molecule has 0 radical (unpaired) electrons. The highest BCUT2D eigenvalue weighted by Crippen LogP contribution is 2.36. The molecule has 0 saturated carbocycles. The molecule has 1 rings (SSSR count). The van der Waals surface area contributed by atoms with Gasteiger partial charge in [0.15, 0.2) is 5.75 Å². The van der Waals surface area contributed by atoms with Crippen molar-refractivity contribution in [2.45, 2.75) is 23.9 Å². The first-order chi connectivity index (χ1) is 10.9. The summed E-state index contributed by atoms with van der Waals surface area (Å²) in [5.41, 5.74) is -1.21. The van der Waals surface area contributed by atoms with Crippen LogP contribution in [0.1, 0.15) is 13.8 Å². The van der Waals surface area contributed by atoms with E-state index in [9.17, 15) is 25.0 Å². The van der Waals surface area contributed by atoms with Gasteiger partial charge in [-0.05, 0) is 6.07 Å². The van der Waals surface area contributed by atoms with Crippen LogP contribution in [0.4, 0.5) is 11.4 Å². The van der Waals surface area contributed by atoms with Crippen molar-refractivity contribution in [1.82, 2.24) is 5.32 Å². The number of rotatable bonds is 6. The second-order valence-electron chi connectivity index (χ2n) is 4.87. The molecule has 0 unspecified atom stereocenters. The maximum atomic E-state index is 11.8. The second kappa shape index (κ2) is 7.82. The van der Waals surface area contributed by atoms with Crippen molar-refractivity contribution >= 4 is 52.1 Å². The minimum atomic E-state index is -2.14. The third-order valence-corrected chi connectivity index (χ3v) is 3.28. The zero-order chi connectivity index (χ0) is 18.7. The Morgan fingerprint density at radius 1 is 1.21 bits per heavy atom. The Bertz CT molecular complexity index is 662. The Hall–Kier alpha value is -1.84. The maximum Gasteiger partial charge on any atom is 0.317 e. The summed E-state index contributed by atoms with van der Waals surface area (Å²) in [6.45, 7) is 3.16. The fourth-order valence-corrected chi connectivity index (χ4v) is 1.76. The molecular weight excluding hydrogens is 389 g/mol. The number of nitro benzene ring substituents is 2. The number of halogens is 3. The molecule has 0 spiro atoms. The van der Waals surface area contributed by atoms with Gasteiger partial charge >= 0.3 is 5.69 Å². The SMILES string of the molecule is CC(C)C(=O)N[C@H](Oc1ccc([N+](=O)[O-])cc1[N+](=O)[O-])C(Cl)(Cl)Cl. The Morgan fingerprint density at radius 3 is 2.21 bits per heavy atom. The second-order valence-corrected chi connectivity index (χ2v) is 7.24. The molecule has 0 aliphatic heterocycles. The van der Waals surface area contributed by atoms with Gasteiger partial charge < -0.3 is 10.1 Å². The van der Waals surface area contributed by atoms with Crippen molar-refractivity contribution in [2.75, 3.05) is 0 Å². The number of non-ortho nitro benzene ring substituents is 1. The van der Waals surface area contributed by atoms with Crippen LogP contribution in [0.3, 0.4) is 0 Å². The first kappa shape index (κ1) is 20.2. The van der Waals surface area contributed by atoms with Crippen molar-refractivity contribution in [3.05, 3.63) is 38.4 Å². The number of alkyl halides is 3. The van der Waals surface area contributed by atoms with Gasteiger partial charge in [-0.2, -0.15) is 0 Å². The minimum absolute atomic E-state index is 0.397. The van der Waals surface area contributed by atoms with Crippen LogP contribution in [0.5, 0.6) is 5.75 Å². The number of amides is 1.